The lowest BCUT2D eigenvalue weighted by molar-refractivity contribution is -0.0249. The maximum absolute atomic E-state index is 7.42. The minimum atomic E-state index is 0.0985. The monoisotopic (exact) mass is 707 g/mol. The Labute approximate surface area is 319 Å². The third-order valence-electron chi connectivity index (χ3n) is 11.0. The van der Waals surface area contributed by atoms with Crippen LogP contribution in [-0.4, -0.2) is 13.2 Å². The van der Waals surface area contributed by atoms with Gasteiger partial charge in [0.25, 0.3) is 0 Å². The van der Waals surface area contributed by atoms with Gasteiger partial charge in [0, 0.05) is 0 Å². The summed E-state index contributed by atoms with van der Waals surface area (Å²) in [7, 11) is 0. The van der Waals surface area contributed by atoms with Crippen LogP contribution in [0.4, 0.5) is 0 Å². The van der Waals surface area contributed by atoms with E-state index >= 15 is 0 Å². The molecule has 2 heteroatoms. The molecule has 2 unspecified atom stereocenters. The van der Waals surface area contributed by atoms with E-state index in [0.717, 1.165) is 26.1 Å². The zero-order chi connectivity index (χ0) is 36.3. The Bertz CT molecular complexity index is 1340. The van der Waals surface area contributed by atoms with Crippen molar-refractivity contribution in [3.63, 3.8) is 0 Å². The molecule has 4 aromatic rings. The lowest BCUT2D eigenvalue weighted by Gasteiger charge is -2.28. The van der Waals surface area contributed by atoms with Gasteiger partial charge in [-0.05, 0) is 45.5 Å². The van der Waals surface area contributed by atoms with E-state index < -0.39 is 0 Å². The molecule has 1 fully saturated rings. The van der Waals surface area contributed by atoms with E-state index in [-0.39, 0.29) is 12.2 Å². The third-order valence-corrected chi connectivity index (χ3v) is 11.0. The fraction of sp³-hybridized carbons (Fsp3) is 0.600. The molecule has 0 saturated carbocycles. The van der Waals surface area contributed by atoms with Crippen LogP contribution in [0.25, 0.3) is 21.5 Å². The molecular weight excluding hydrogens is 633 g/mol. The van der Waals surface area contributed by atoms with E-state index in [9.17, 15) is 0 Å². The zero-order valence-corrected chi connectivity index (χ0v) is 33.4. The second-order valence-corrected chi connectivity index (χ2v) is 15.5. The molecule has 0 spiro atoms. The average molecular weight is 707 g/mol. The van der Waals surface area contributed by atoms with Gasteiger partial charge < -0.3 is 9.47 Å². The minimum Gasteiger partial charge on any atom is -0.377 e. The molecule has 286 valence electrons. The number of unbranched alkanes of at least 4 members (excludes halogenated alkanes) is 20. The predicted molar refractivity (Wildman–Crippen MR) is 227 cm³/mol. The lowest BCUT2D eigenvalue weighted by Crippen LogP contribution is -2.12. The van der Waals surface area contributed by atoms with Crippen molar-refractivity contribution >= 4 is 21.5 Å². The van der Waals surface area contributed by atoms with E-state index in [0.29, 0.717) is 0 Å². The van der Waals surface area contributed by atoms with Crippen LogP contribution in [0.5, 0.6) is 0 Å². The molecule has 0 bridgehead atoms. The van der Waals surface area contributed by atoms with Crippen molar-refractivity contribution in [2.75, 3.05) is 13.2 Å². The van der Waals surface area contributed by atoms with Gasteiger partial charge in [-0.2, -0.15) is 0 Å². The number of ether oxygens (including phenoxy) is 2. The van der Waals surface area contributed by atoms with Crippen LogP contribution in [-0.2, 0) is 9.47 Å². The van der Waals surface area contributed by atoms with E-state index in [2.05, 4.69) is 104 Å². The molecule has 2 nitrogen and oxygen atoms in total. The SMILES string of the molecule is C1CO1.CCCCCCCCCCCCCC(OC(CCCCCCCCCCCCC)c1cccc2ccccc12)c1cccc2ccccc12. The van der Waals surface area contributed by atoms with Crippen LogP contribution in [0.15, 0.2) is 84.9 Å². The molecule has 0 N–H and O–H groups in total. The second kappa shape index (κ2) is 27.0. The van der Waals surface area contributed by atoms with Gasteiger partial charge in [0.05, 0.1) is 25.4 Å². The first kappa shape index (κ1) is 42.1. The summed E-state index contributed by atoms with van der Waals surface area (Å²) in [5.41, 5.74) is 2.74. The fourth-order valence-electron chi connectivity index (χ4n) is 7.84. The molecule has 2 atom stereocenters. The maximum Gasteiger partial charge on any atom is 0.0839 e. The van der Waals surface area contributed by atoms with Gasteiger partial charge in [-0.1, -0.05) is 240 Å². The van der Waals surface area contributed by atoms with E-state index in [1.807, 2.05) is 0 Å². The summed E-state index contributed by atoms with van der Waals surface area (Å²) >= 11 is 0. The molecular formula is C50H74O2. The summed E-state index contributed by atoms with van der Waals surface area (Å²) in [6, 6.07) is 31.5. The van der Waals surface area contributed by atoms with Crippen molar-refractivity contribution < 1.29 is 9.47 Å². The van der Waals surface area contributed by atoms with Gasteiger partial charge in [0.2, 0.25) is 0 Å². The van der Waals surface area contributed by atoms with Gasteiger partial charge in [0.1, 0.15) is 0 Å². The lowest BCUT2D eigenvalue weighted by atomic mass is 9.94. The molecule has 0 amide bonds. The van der Waals surface area contributed by atoms with Crippen LogP contribution in [0.3, 0.4) is 0 Å². The van der Waals surface area contributed by atoms with E-state index in [4.69, 9.17) is 4.74 Å². The highest BCUT2D eigenvalue weighted by atomic mass is 16.6. The zero-order valence-electron chi connectivity index (χ0n) is 33.4. The topological polar surface area (TPSA) is 21.8 Å². The van der Waals surface area contributed by atoms with Crippen molar-refractivity contribution in [1.29, 1.82) is 0 Å². The predicted octanol–water partition coefficient (Wildman–Crippen LogP) is 16.2. The number of epoxide rings is 1. The molecule has 1 aliphatic rings. The summed E-state index contributed by atoms with van der Waals surface area (Å²) in [5, 5.41) is 5.34. The molecule has 1 aliphatic heterocycles. The highest BCUT2D eigenvalue weighted by Crippen LogP contribution is 2.39. The summed E-state index contributed by atoms with van der Waals surface area (Å²) in [4.78, 5) is 0. The Balaban J connectivity index is 0.00000191. The normalized spacial score (nSPS) is 13.6. The maximum atomic E-state index is 7.42. The first-order chi connectivity index (χ1) is 25.8. The summed E-state index contributed by atoms with van der Waals surface area (Å²) in [6.45, 7) is 6.61. The summed E-state index contributed by atoms with van der Waals surface area (Å²) < 4.78 is 11.9. The van der Waals surface area contributed by atoms with Crippen molar-refractivity contribution in [3.05, 3.63) is 96.1 Å². The molecule has 0 aliphatic carbocycles. The molecule has 1 saturated heterocycles. The van der Waals surface area contributed by atoms with Gasteiger partial charge in [-0.25, -0.2) is 0 Å². The quantitative estimate of drug-likeness (QED) is 0.0433. The standard InChI is InChI=1S/C48H70O.C2H4O/c1-3-5-7-9-11-13-15-17-19-21-23-39-47(45-37-29-33-41-31-25-27-35-43(41)45)49-48(46-38-30-34-42-32-26-28-36-44(42)46)40-24-22-20-18-16-14-12-10-8-6-4-2;1-2-3-1/h25-38,47-48H,3-24,39-40H2,1-2H3;1-2H2. The number of fused-ring (bicyclic) bond motifs is 2. The summed E-state index contributed by atoms with van der Waals surface area (Å²) in [6.07, 6.45) is 32.5. The smallest absolute Gasteiger partial charge is 0.0839 e. The highest BCUT2D eigenvalue weighted by molar-refractivity contribution is 5.87. The number of rotatable bonds is 28. The third kappa shape index (κ3) is 16.6. The van der Waals surface area contributed by atoms with Crippen molar-refractivity contribution in [1.82, 2.24) is 0 Å². The molecule has 0 radical (unpaired) electrons. The molecule has 1 heterocycles. The van der Waals surface area contributed by atoms with Crippen molar-refractivity contribution in [2.24, 2.45) is 0 Å². The molecule has 52 heavy (non-hydrogen) atoms. The summed E-state index contributed by atoms with van der Waals surface area (Å²) in [5.74, 6) is 0. The van der Waals surface area contributed by atoms with Crippen LogP contribution < -0.4 is 0 Å². The van der Waals surface area contributed by atoms with Crippen molar-refractivity contribution in [2.45, 2.75) is 180 Å². The molecule has 0 aromatic heterocycles. The Morgan fingerprint density at radius 1 is 0.404 bits per heavy atom. The number of benzene rings is 4. The van der Waals surface area contributed by atoms with Gasteiger partial charge >= 0.3 is 0 Å². The molecule has 4 aromatic carbocycles. The Hall–Kier alpha value is -2.68. The van der Waals surface area contributed by atoms with Gasteiger partial charge in [0.15, 0.2) is 0 Å². The van der Waals surface area contributed by atoms with E-state index in [1.165, 1.54) is 174 Å². The average Bonchev–Trinajstić information content (AvgIpc) is 4.08. The van der Waals surface area contributed by atoms with E-state index in [1.54, 1.807) is 0 Å². The number of hydrogen-bond acceptors (Lipinski definition) is 2. The number of hydrogen-bond donors (Lipinski definition) is 0. The van der Waals surface area contributed by atoms with Crippen LogP contribution >= 0.6 is 0 Å². The first-order valence-corrected chi connectivity index (χ1v) is 22.0. The van der Waals surface area contributed by atoms with Gasteiger partial charge in [-0.3, -0.25) is 0 Å². The second-order valence-electron chi connectivity index (χ2n) is 15.5. The fourth-order valence-corrected chi connectivity index (χ4v) is 7.84. The first-order valence-electron chi connectivity index (χ1n) is 22.0. The Morgan fingerprint density at radius 2 is 0.712 bits per heavy atom. The van der Waals surface area contributed by atoms with Crippen molar-refractivity contribution in [3.8, 4) is 0 Å². The minimum absolute atomic E-state index is 0.0985. The van der Waals surface area contributed by atoms with Crippen LogP contribution in [0, 0.1) is 0 Å². The van der Waals surface area contributed by atoms with Gasteiger partial charge in [-0.15, -0.1) is 0 Å². The molecule has 5 rings (SSSR count). The Morgan fingerprint density at radius 3 is 1.06 bits per heavy atom. The Kier molecular flexibility index (Phi) is 21.8. The highest BCUT2D eigenvalue weighted by Gasteiger charge is 2.23. The largest absolute Gasteiger partial charge is 0.377 e. The van der Waals surface area contributed by atoms with Crippen LogP contribution in [0.1, 0.15) is 191 Å². The van der Waals surface area contributed by atoms with Crippen LogP contribution in [0.2, 0.25) is 0 Å².